The van der Waals surface area contributed by atoms with Crippen LogP contribution < -0.4 is 10.0 Å². The number of rotatable bonds is 6. The first-order valence-electron chi connectivity index (χ1n) is 6.96. The Morgan fingerprint density at radius 1 is 1.11 bits per heavy atom. The van der Waals surface area contributed by atoms with Crippen LogP contribution in [0.3, 0.4) is 0 Å². The fraction of sp³-hybridized carbons (Fsp3) is 0.917. The molecule has 0 radical (unpaired) electrons. The molecule has 2 N–H and O–H groups in total. The van der Waals surface area contributed by atoms with Gasteiger partial charge in [0.25, 0.3) is 10.2 Å². The van der Waals surface area contributed by atoms with Gasteiger partial charge in [-0.1, -0.05) is 26.7 Å². The number of carbonyl (C=O) groups excluding carboxylic acids is 1. The fourth-order valence-electron chi connectivity index (χ4n) is 1.94. The SMILES string of the molecule is CC(C)C(=O)NCCNS(=O)(=O)N1CCCCCC1. The maximum Gasteiger partial charge on any atom is 0.279 e. The van der Waals surface area contributed by atoms with E-state index < -0.39 is 10.2 Å². The Kier molecular flexibility index (Phi) is 6.74. The Labute approximate surface area is 116 Å². The maximum absolute atomic E-state index is 12.0. The van der Waals surface area contributed by atoms with E-state index in [0.29, 0.717) is 19.6 Å². The number of carbonyl (C=O) groups is 1. The number of nitrogens with one attached hydrogen (secondary N) is 2. The summed E-state index contributed by atoms with van der Waals surface area (Å²) in [7, 11) is -3.39. The summed E-state index contributed by atoms with van der Waals surface area (Å²) < 4.78 is 28.1. The van der Waals surface area contributed by atoms with Crippen LogP contribution in [0.4, 0.5) is 0 Å². The van der Waals surface area contributed by atoms with Gasteiger partial charge in [0, 0.05) is 32.1 Å². The van der Waals surface area contributed by atoms with Gasteiger partial charge in [-0.15, -0.1) is 0 Å². The molecule has 0 bridgehead atoms. The highest BCUT2D eigenvalue weighted by Crippen LogP contribution is 2.11. The largest absolute Gasteiger partial charge is 0.355 e. The topological polar surface area (TPSA) is 78.5 Å². The summed E-state index contributed by atoms with van der Waals surface area (Å²) in [5, 5.41) is 2.69. The Morgan fingerprint density at radius 3 is 2.21 bits per heavy atom. The molecule has 0 aromatic carbocycles. The minimum Gasteiger partial charge on any atom is -0.355 e. The second-order valence-corrected chi connectivity index (χ2v) is 6.91. The molecule has 1 heterocycles. The fourth-order valence-corrected chi connectivity index (χ4v) is 3.22. The minimum absolute atomic E-state index is 0.0611. The molecule has 0 spiro atoms. The second kappa shape index (κ2) is 7.81. The Morgan fingerprint density at radius 2 is 1.68 bits per heavy atom. The summed E-state index contributed by atoms with van der Waals surface area (Å²) in [4.78, 5) is 11.3. The third kappa shape index (κ3) is 5.88. The molecule has 1 saturated heterocycles. The molecule has 1 rings (SSSR count). The van der Waals surface area contributed by atoms with Crippen LogP contribution in [0.2, 0.25) is 0 Å². The molecule has 1 fully saturated rings. The molecule has 0 saturated carbocycles. The highest BCUT2D eigenvalue weighted by atomic mass is 32.2. The summed E-state index contributed by atoms with van der Waals surface area (Å²) >= 11 is 0. The molecule has 0 atom stereocenters. The quantitative estimate of drug-likeness (QED) is 0.698. The predicted octanol–water partition coefficient (Wildman–Crippen LogP) is 0.469. The summed E-state index contributed by atoms with van der Waals surface area (Å²) in [5.41, 5.74) is 0. The first kappa shape index (κ1) is 16.4. The molecule has 0 unspecified atom stereocenters. The van der Waals surface area contributed by atoms with Gasteiger partial charge in [0.05, 0.1) is 0 Å². The van der Waals surface area contributed by atoms with Crippen molar-refractivity contribution < 1.29 is 13.2 Å². The van der Waals surface area contributed by atoms with E-state index in [1.54, 1.807) is 13.8 Å². The van der Waals surface area contributed by atoms with Crippen molar-refractivity contribution >= 4 is 16.1 Å². The molecule has 0 aromatic heterocycles. The van der Waals surface area contributed by atoms with Gasteiger partial charge in [-0.3, -0.25) is 4.79 Å². The van der Waals surface area contributed by atoms with E-state index in [2.05, 4.69) is 10.0 Å². The average molecular weight is 291 g/mol. The highest BCUT2D eigenvalue weighted by molar-refractivity contribution is 7.87. The lowest BCUT2D eigenvalue weighted by molar-refractivity contribution is -0.123. The first-order valence-corrected chi connectivity index (χ1v) is 8.40. The molecular formula is C12H25N3O3S. The molecule has 0 aliphatic carbocycles. The van der Waals surface area contributed by atoms with Crippen LogP contribution >= 0.6 is 0 Å². The van der Waals surface area contributed by atoms with Gasteiger partial charge in [0.1, 0.15) is 0 Å². The summed E-state index contributed by atoms with van der Waals surface area (Å²) in [6.07, 6.45) is 4.03. The lowest BCUT2D eigenvalue weighted by atomic mass is 10.2. The van der Waals surface area contributed by atoms with E-state index in [0.717, 1.165) is 25.7 Å². The van der Waals surface area contributed by atoms with Crippen molar-refractivity contribution in [2.24, 2.45) is 5.92 Å². The predicted molar refractivity (Wildman–Crippen MR) is 74.8 cm³/mol. The van der Waals surface area contributed by atoms with Gasteiger partial charge in [-0.2, -0.15) is 12.7 Å². The van der Waals surface area contributed by atoms with Gasteiger partial charge < -0.3 is 5.32 Å². The van der Waals surface area contributed by atoms with Gasteiger partial charge in [0.2, 0.25) is 5.91 Å². The van der Waals surface area contributed by atoms with Gasteiger partial charge >= 0.3 is 0 Å². The first-order chi connectivity index (χ1) is 8.93. The van der Waals surface area contributed by atoms with E-state index in [4.69, 9.17) is 0 Å². The van der Waals surface area contributed by atoms with E-state index in [1.165, 1.54) is 4.31 Å². The second-order valence-electron chi connectivity index (χ2n) is 5.16. The van der Waals surface area contributed by atoms with Crippen LogP contribution in [-0.4, -0.2) is 44.8 Å². The standard InChI is InChI=1S/C12H25N3O3S/c1-11(2)12(16)13-7-8-14-19(17,18)15-9-5-3-4-6-10-15/h11,14H,3-10H2,1-2H3,(H,13,16). The molecule has 1 aliphatic heterocycles. The summed E-state index contributed by atoms with van der Waals surface area (Å²) in [5.74, 6) is -0.142. The van der Waals surface area contributed by atoms with Crippen molar-refractivity contribution in [2.45, 2.75) is 39.5 Å². The van der Waals surface area contributed by atoms with Crippen molar-refractivity contribution in [3.63, 3.8) is 0 Å². The van der Waals surface area contributed by atoms with E-state index in [1.807, 2.05) is 0 Å². The van der Waals surface area contributed by atoms with E-state index >= 15 is 0 Å². The highest BCUT2D eigenvalue weighted by Gasteiger charge is 2.22. The number of hydrogen-bond acceptors (Lipinski definition) is 3. The van der Waals surface area contributed by atoms with Gasteiger partial charge in [0.15, 0.2) is 0 Å². The van der Waals surface area contributed by atoms with Crippen LogP contribution in [0.5, 0.6) is 0 Å². The normalized spacial score (nSPS) is 18.3. The zero-order chi connectivity index (χ0) is 14.3. The summed E-state index contributed by atoms with van der Waals surface area (Å²) in [6.45, 7) is 5.34. The van der Waals surface area contributed by atoms with Crippen molar-refractivity contribution in [1.82, 2.24) is 14.3 Å². The van der Waals surface area contributed by atoms with Crippen LogP contribution in [0, 0.1) is 5.92 Å². The lowest BCUT2D eigenvalue weighted by Crippen LogP contribution is -2.44. The molecule has 112 valence electrons. The number of nitrogens with zero attached hydrogens (tertiary/aromatic N) is 1. The molecule has 7 heteroatoms. The van der Waals surface area contributed by atoms with Gasteiger partial charge in [-0.25, -0.2) is 4.72 Å². The molecule has 0 aromatic rings. The lowest BCUT2D eigenvalue weighted by Gasteiger charge is -2.20. The molecule has 1 amide bonds. The van der Waals surface area contributed by atoms with E-state index in [-0.39, 0.29) is 18.4 Å². The zero-order valence-corrected chi connectivity index (χ0v) is 12.6. The average Bonchev–Trinajstić information content (AvgIpc) is 2.63. The molecule has 19 heavy (non-hydrogen) atoms. The van der Waals surface area contributed by atoms with Crippen LogP contribution in [0.25, 0.3) is 0 Å². The maximum atomic E-state index is 12.0. The third-order valence-electron chi connectivity index (χ3n) is 3.14. The Hall–Kier alpha value is -0.660. The van der Waals surface area contributed by atoms with Crippen molar-refractivity contribution in [1.29, 1.82) is 0 Å². The Balaban J connectivity index is 2.32. The van der Waals surface area contributed by atoms with Crippen molar-refractivity contribution in [3.05, 3.63) is 0 Å². The van der Waals surface area contributed by atoms with E-state index in [9.17, 15) is 13.2 Å². The van der Waals surface area contributed by atoms with Gasteiger partial charge in [-0.05, 0) is 12.8 Å². The molecule has 6 nitrogen and oxygen atoms in total. The van der Waals surface area contributed by atoms with Crippen molar-refractivity contribution in [2.75, 3.05) is 26.2 Å². The minimum atomic E-state index is -3.39. The monoisotopic (exact) mass is 291 g/mol. The number of amides is 1. The summed E-state index contributed by atoms with van der Waals surface area (Å²) in [6, 6.07) is 0. The molecule has 1 aliphatic rings. The smallest absolute Gasteiger partial charge is 0.279 e. The van der Waals surface area contributed by atoms with Crippen LogP contribution in [0.1, 0.15) is 39.5 Å². The van der Waals surface area contributed by atoms with Crippen LogP contribution in [-0.2, 0) is 15.0 Å². The van der Waals surface area contributed by atoms with Crippen molar-refractivity contribution in [3.8, 4) is 0 Å². The zero-order valence-electron chi connectivity index (χ0n) is 11.8. The third-order valence-corrected chi connectivity index (χ3v) is 4.75. The van der Waals surface area contributed by atoms with Crippen LogP contribution in [0.15, 0.2) is 0 Å². The molecular weight excluding hydrogens is 266 g/mol. The number of hydrogen-bond donors (Lipinski definition) is 2. The Bertz CT molecular complexity index is 374.